The van der Waals surface area contributed by atoms with Crippen LogP contribution in [0.2, 0.25) is 0 Å². The Labute approximate surface area is 119 Å². The van der Waals surface area contributed by atoms with Gasteiger partial charge in [-0.25, -0.2) is 4.79 Å². The fourth-order valence-electron chi connectivity index (χ4n) is 1.28. The number of aliphatic hydroxyl groups is 1. The summed E-state index contributed by atoms with van der Waals surface area (Å²) in [7, 11) is 0. The molecular weight excluding hydrogens is 262 g/mol. The van der Waals surface area contributed by atoms with Crippen molar-refractivity contribution in [2.75, 3.05) is 13.2 Å². The standard InChI is InChI=1S/C14H23NO5/c1-12(16)8-4-2-6-10-15-14(19)20-11-7-3-5-9-13(17)18/h2,4,6,8,12,16H,3,5,7,9-11H2,1H3,(H,15,19)(H,17,18)/b6-2-,8-4+. The molecule has 0 aliphatic rings. The van der Waals surface area contributed by atoms with Gasteiger partial charge in [0.25, 0.3) is 0 Å². The molecule has 0 fully saturated rings. The summed E-state index contributed by atoms with van der Waals surface area (Å²) in [5.41, 5.74) is 0. The molecule has 0 aromatic carbocycles. The number of carboxylic acids is 1. The van der Waals surface area contributed by atoms with Crippen LogP contribution in [0.5, 0.6) is 0 Å². The lowest BCUT2D eigenvalue weighted by atomic mass is 10.2. The van der Waals surface area contributed by atoms with E-state index in [0.717, 1.165) is 6.42 Å². The fourth-order valence-corrected chi connectivity index (χ4v) is 1.28. The highest BCUT2D eigenvalue weighted by molar-refractivity contribution is 5.67. The van der Waals surface area contributed by atoms with E-state index < -0.39 is 18.2 Å². The molecule has 6 heteroatoms. The van der Waals surface area contributed by atoms with Crippen molar-refractivity contribution in [2.24, 2.45) is 0 Å². The molecule has 114 valence electrons. The van der Waals surface area contributed by atoms with Crippen LogP contribution in [0.4, 0.5) is 4.79 Å². The number of alkyl carbamates (subject to hydrolysis) is 1. The van der Waals surface area contributed by atoms with E-state index in [1.54, 1.807) is 31.2 Å². The summed E-state index contributed by atoms with van der Waals surface area (Å²) in [6.07, 6.45) is 7.91. The summed E-state index contributed by atoms with van der Waals surface area (Å²) in [6.45, 7) is 2.29. The smallest absolute Gasteiger partial charge is 0.407 e. The van der Waals surface area contributed by atoms with Gasteiger partial charge in [0.1, 0.15) is 0 Å². The number of carboxylic acid groups (broad SMARTS) is 1. The third-order valence-electron chi connectivity index (χ3n) is 2.27. The maximum atomic E-state index is 11.2. The second kappa shape index (κ2) is 12.2. The first-order chi connectivity index (χ1) is 9.52. The Bertz CT molecular complexity index is 336. The van der Waals surface area contributed by atoms with Crippen LogP contribution in [0.3, 0.4) is 0 Å². The van der Waals surface area contributed by atoms with Gasteiger partial charge < -0.3 is 20.3 Å². The topological polar surface area (TPSA) is 95.9 Å². The van der Waals surface area contributed by atoms with Crippen LogP contribution < -0.4 is 5.32 Å². The van der Waals surface area contributed by atoms with Gasteiger partial charge in [0.2, 0.25) is 0 Å². The van der Waals surface area contributed by atoms with Crippen molar-refractivity contribution in [2.45, 2.75) is 38.7 Å². The average Bonchev–Trinajstić information content (AvgIpc) is 2.37. The zero-order valence-electron chi connectivity index (χ0n) is 11.7. The molecule has 1 atom stereocenters. The number of allylic oxidation sites excluding steroid dienone is 2. The lowest BCUT2D eigenvalue weighted by Crippen LogP contribution is -2.24. The van der Waals surface area contributed by atoms with Gasteiger partial charge in [0.05, 0.1) is 12.7 Å². The number of unbranched alkanes of at least 4 members (excludes halogenated alkanes) is 2. The molecule has 0 aliphatic carbocycles. The number of rotatable bonds is 10. The van der Waals surface area contributed by atoms with Crippen molar-refractivity contribution in [3.05, 3.63) is 24.3 Å². The first-order valence-corrected chi connectivity index (χ1v) is 6.66. The molecule has 0 spiro atoms. The van der Waals surface area contributed by atoms with Crippen molar-refractivity contribution in [1.82, 2.24) is 5.32 Å². The number of amides is 1. The number of ether oxygens (including phenoxy) is 1. The van der Waals surface area contributed by atoms with E-state index in [1.807, 2.05) is 0 Å². The van der Waals surface area contributed by atoms with Crippen molar-refractivity contribution >= 4 is 12.1 Å². The molecule has 0 saturated heterocycles. The Hall–Kier alpha value is -1.82. The van der Waals surface area contributed by atoms with Crippen LogP contribution in [-0.4, -0.2) is 41.5 Å². The van der Waals surface area contributed by atoms with Gasteiger partial charge in [0, 0.05) is 13.0 Å². The van der Waals surface area contributed by atoms with Gasteiger partial charge >= 0.3 is 12.1 Å². The van der Waals surface area contributed by atoms with E-state index in [-0.39, 0.29) is 13.0 Å². The minimum absolute atomic E-state index is 0.150. The van der Waals surface area contributed by atoms with Gasteiger partial charge in [0.15, 0.2) is 0 Å². The monoisotopic (exact) mass is 285 g/mol. The van der Waals surface area contributed by atoms with Gasteiger partial charge in [-0.15, -0.1) is 0 Å². The second-order valence-electron chi connectivity index (χ2n) is 4.27. The zero-order valence-corrected chi connectivity index (χ0v) is 11.7. The Morgan fingerprint density at radius 3 is 2.65 bits per heavy atom. The molecule has 0 heterocycles. The summed E-state index contributed by atoms with van der Waals surface area (Å²) in [5.74, 6) is -0.805. The normalized spacial score (nSPS) is 12.7. The lowest BCUT2D eigenvalue weighted by molar-refractivity contribution is -0.137. The van der Waals surface area contributed by atoms with Crippen LogP contribution in [0, 0.1) is 0 Å². The first-order valence-electron chi connectivity index (χ1n) is 6.66. The average molecular weight is 285 g/mol. The van der Waals surface area contributed by atoms with Gasteiger partial charge in [-0.3, -0.25) is 4.79 Å². The number of aliphatic hydroxyl groups excluding tert-OH is 1. The van der Waals surface area contributed by atoms with E-state index in [1.165, 1.54) is 0 Å². The third kappa shape index (κ3) is 14.2. The molecule has 20 heavy (non-hydrogen) atoms. The van der Waals surface area contributed by atoms with Crippen LogP contribution in [0.1, 0.15) is 32.6 Å². The lowest BCUT2D eigenvalue weighted by Gasteiger charge is -2.04. The van der Waals surface area contributed by atoms with E-state index in [2.05, 4.69) is 5.32 Å². The highest BCUT2D eigenvalue weighted by atomic mass is 16.5. The van der Waals surface area contributed by atoms with Crippen molar-refractivity contribution < 1.29 is 24.5 Å². The number of carbonyl (C=O) groups excluding carboxylic acids is 1. The Kier molecular flexibility index (Phi) is 11.1. The molecule has 0 bridgehead atoms. The number of carbonyl (C=O) groups is 2. The summed E-state index contributed by atoms with van der Waals surface area (Å²) in [5, 5.41) is 19.9. The predicted octanol–water partition coefficient (Wildman–Crippen LogP) is 1.85. The molecule has 0 saturated carbocycles. The zero-order chi connectivity index (χ0) is 15.2. The minimum Gasteiger partial charge on any atom is -0.481 e. The Morgan fingerprint density at radius 1 is 1.25 bits per heavy atom. The minimum atomic E-state index is -0.805. The van der Waals surface area contributed by atoms with Gasteiger partial charge in [-0.1, -0.05) is 24.3 Å². The maximum absolute atomic E-state index is 11.2. The molecule has 0 radical (unpaired) electrons. The Balaban J connectivity index is 3.43. The molecule has 3 N–H and O–H groups in total. The molecule has 0 aliphatic heterocycles. The maximum Gasteiger partial charge on any atom is 0.407 e. The highest BCUT2D eigenvalue weighted by Crippen LogP contribution is 1.99. The summed E-state index contributed by atoms with van der Waals surface area (Å²) in [6, 6.07) is 0. The van der Waals surface area contributed by atoms with Gasteiger partial charge in [-0.05, 0) is 26.2 Å². The highest BCUT2D eigenvalue weighted by Gasteiger charge is 2.00. The first kappa shape index (κ1) is 18.2. The SMILES string of the molecule is CC(O)/C=C/C=C\CNC(=O)OCCCCCC(=O)O. The number of aliphatic carboxylic acids is 1. The molecule has 1 amide bonds. The van der Waals surface area contributed by atoms with E-state index in [9.17, 15) is 9.59 Å². The van der Waals surface area contributed by atoms with Crippen molar-refractivity contribution in [1.29, 1.82) is 0 Å². The quantitative estimate of drug-likeness (QED) is 0.420. The number of nitrogens with one attached hydrogen (secondary N) is 1. The summed E-state index contributed by atoms with van der Waals surface area (Å²) >= 11 is 0. The molecule has 6 nitrogen and oxygen atoms in total. The van der Waals surface area contributed by atoms with Crippen molar-refractivity contribution in [3.8, 4) is 0 Å². The van der Waals surface area contributed by atoms with Crippen LogP contribution in [0.25, 0.3) is 0 Å². The number of hydrogen-bond acceptors (Lipinski definition) is 4. The fraction of sp³-hybridized carbons (Fsp3) is 0.571. The van der Waals surface area contributed by atoms with Crippen LogP contribution in [-0.2, 0) is 9.53 Å². The van der Waals surface area contributed by atoms with Crippen LogP contribution >= 0.6 is 0 Å². The van der Waals surface area contributed by atoms with E-state index in [4.69, 9.17) is 14.9 Å². The van der Waals surface area contributed by atoms with Gasteiger partial charge in [-0.2, -0.15) is 0 Å². The van der Waals surface area contributed by atoms with E-state index in [0.29, 0.717) is 19.4 Å². The summed E-state index contributed by atoms with van der Waals surface area (Å²) in [4.78, 5) is 21.5. The van der Waals surface area contributed by atoms with Crippen LogP contribution in [0.15, 0.2) is 24.3 Å². The van der Waals surface area contributed by atoms with Crippen molar-refractivity contribution in [3.63, 3.8) is 0 Å². The molecule has 0 aromatic rings. The molecule has 1 unspecified atom stereocenters. The third-order valence-corrected chi connectivity index (χ3v) is 2.27. The summed E-state index contributed by atoms with van der Waals surface area (Å²) < 4.78 is 4.90. The molecular formula is C14H23NO5. The second-order valence-corrected chi connectivity index (χ2v) is 4.27. The predicted molar refractivity (Wildman–Crippen MR) is 75.4 cm³/mol. The van der Waals surface area contributed by atoms with E-state index >= 15 is 0 Å². The number of hydrogen-bond donors (Lipinski definition) is 3. The molecule has 0 aromatic heterocycles. The largest absolute Gasteiger partial charge is 0.481 e. The molecule has 0 rings (SSSR count). The Morgan fingerprint density at radius 2 is 2.00 bits per heavy atom.